The number of alkyl halides is 2. The van der Waals surface area contributed by atoms with Crippen LogP contribution in [0, 0.1) is 17.8 Å². The van der Waals surface area contributed by atoms with Crippen LogP contribution in [-0.4, -0.2) is 101 Å². The van der Waals surface area contributed by atoms with Crippen LogP contribution in [0.1, 0.15) is 77.7 Å². The molecule has 2 heterocycles. The Kier molecular flexibility index (Phi) is 10.4. The molecule has 274 valence electrons. The highest BCUT2D eigenvalue weighted by atomic mass is 32.2. The second kappa shape index (κ2) is 14.5. The van der Waals surface area contributed by atoms with Crippen molar-refractivity contribution in [3.05, 3.63) is 24.3 Å². The van der Waals surface area contributed by atoms with Gasteiger partial charge >= 0.3 is 0 Å². The molecule has 1 aliphatic heterocycles. The van der Waals surface area contributed by atoms with Gasteiger partial charge in [0.25, 0.3) is 5.91 Å². The summed E-state index contributed by atoms with van der Waals surface area (Å²) < 4.78 is 60.3. The van der Waals surface area contributed by atoms with Crippen LogP contribution in [0.15, 0.2) is 24.3 Å². The summed E-state index contributed by atoms with van der Waals surface area (Å²) in [5, 5.41) is 18.0. The van der Waals surface area contributed by atoms with E-state index in [0.29, 0.717) is 42.4 Å². The van der Waals surface area contributed by atoms with Crippen LogP contribution in [0.2, 0.25) is 0 Å². The van der Waals surface area contributed by atoms with Crippen LogP contribution >= 0.6 is 0 Å². The van der Waals surface area contributed by atoms with Gasteiger partial charge in [0, 0.05) is 18.5 Å². The molecule has 0 spiro atoms. The minimum Gasteiger partial charge on any atom is -0.497 e. The van der Waals surface area contributed by atoms with E-state index in [1.807, 2.05) is 18.6 Å². The van der Waals surface area contributed by atoms with Crippen LogP contribution in [0.25, 0.3) is 11.4 Å². The largest absolute Gasteiger partial charge is 0.497 e. The minimum absolute atomic E-state index is 0.0142. The Balaban J connectivity index is 1.24. The molecule has 50 heavy (non-hydrogen) atoms. The number of tetrazole rings is 1. The number of methoxy groups -OCH3 is 1. The van der Waals surface area contributed by atoms with Crippen molar-refractivity contribution < 1.29 is 36.3 Å². The van der Waals surface area contributed by atoms with Crippen LogP contribution in [0.4, 0.5) is 8.78 Å². The van der Waals surface area contributed by atoms with Crippen molar-refractivity contribution in [3.63, 3.8) is 0 Å². The van der Waals surface area contributed by atoms with E-state index >= 15 is 0 Å². The number of hydrogen-bond acceptors (Lipinski definition) is 10. The van der Waals surface area contributed by atoms with Crippen molar-refractivity contribution in [2.24, 2.45) is 17.8 Å². The standard InChI is InChI=1S/C33H46F2N8O6S/c1-19(2)27(36-15-14-20-6-4-5-7-20)31(45)42-18-22(43-39-29(38-41-43)21-8-10-23(49-3)11-9-21)16-26(42)30(44)37-33(17-25(33)28(34)35)32(46)40-50(47,48)24-12-13-24/h8-11,19-20,22,24-28,36H,4-7,12-18H2,1-3H3,(H,37,44)(H,40,46)/t22-,25+,26?,27+,33-/m1/s1. The van der Waals surface area contributed by atoms with Crippen molar-refractivity contribution in [2.45, 2.75) is 107 Å². The van der Waals surface area contributed by atoms with Crippen LogP contribution in [0.5, 0.6) is 5.75 Å². The lowest BCUT2D eigenvalue weighted by Crippen LogP contribution is -2.59. The fraction of sp³-hybridized carbons (Fsp3) is 0.697. The Morgan fingerprint density at radius 1 is 1.08 bits per heavy atom. The van der Waals surface area contributed by atoms with Crippen molar-refractivity contribution in [2.75, 3.05) is 20.2 Å². The van der Waals surface area contributed by atoms with Gasteiger partial charge in [-0.1, -0.05) is 39.5 Å². The average molecular weight is 721 g/mol. The number of amides is 3. The first-order chi connectivity index (χ1) is 23.8. The van der Waals surface area contributed by atoms with E-state index in [0.717, 1.165) is 6.42 Å². The number of aromatic nitrogens is 4. The first-order valence-electron chi connectivity index (χ1n) is 17.5. The third kappa shape index (κ3) is 7.62. The van der Waals surface area contributed by atoms with Crippen LogP contribution in [-0.2, 0) is 24.4 Å². The van der Waals surface area contributed by atoms with Gasteiger partial charge in [-0.2, -0.15) is 4.80 Å². The van der Waals surface area contributed by atoms with E-state index in [4.69, 9.17) is 4.74 Å². The maximum absolute atomic E-state index is 14.3. The van der Waals surface area contributed by atoms with Crippen molar-refractivity contribution >= 4 is 27.7 Å². The van der Waals surface area contributed by atoms with E-state index in [2.05, 4.69) is 26.0 Å². The third-order valence-corrected chi connectivity index (χ3v) is 12.4. The quantitative estimate of drug-likeness (QED) is 0.248. The highest BCUT2D eigenvalue weighted by molar-refractivity contribution is 7.91. The smallest absolute Gasteiger partial charge is 0.259 e. The predicted octanol–water partition coefficient (Wildman–Crippen LogP) is 2.43. The molecule has 5 atom stereocenters. The number of ether oxygens (including phenoxy) is 1. The van der Waals surface area contributed by atoms with Crippen molar-refractivity contribution in [1.29, 1.82) is 0 Å². The number of carbonyl (C=O) groups is 3. The molecular weight excluding hydrogens is 674 g/mol. The monoisotopic (exact) mass is 720 g/mol. The summed E-state index contributed by atoms with van der Waals surface area (Å²) in [4.78, 5) is 44.4. The zero-order valence-corrected chi connectivity index (χ0v) is 29.4. The van der Waals surface area contributed by atoms with Crippen molar-refractivity contribution in [1.82, 2.24) is 40.5 Å². The van der Waals surface area contributed by atoms with E-state index in [-0.39, 0.29) is 24.8 Å². The number of nitrogens with zero attached hydrogens (tertiary/aromatic N) is 5. The Morgan fingerprint density at radius 3 is 2.38 bits per heavy atom. The lowest BCUT2D eigenvalue weighted by molar-refractivity contribution is -0.142. The summed E-state index contributed by atoms with van der Waals surface area (Å²) in [5.74, 6) is -2.51. The van der Waals surface area contributed by atoms with E-state index in [1.165, 1.54) is 35.4 Å². The molecule has 1 aromatic heterocycles. The second-order valence-electron chi connectivity index (χ2n) is 14.5. The molecule has 1 unspecified atom stereocenters. The number of carbonyl (C=O) groups excluding carboxylic acids is 3. The molecule has 6 rings (SSSR count). The molecule has 3 saturated carbocycles. The summed E-state index contributed by atoms with van der Waals surface area (Å²) >= 11 is 0. The van der Waals surface area contributed by atoms with Gasteiger partial charge < -0.3 is 20.3 Å². The Morgan fingerprint density at radius 2 is 1.78 bits per heavy atom. The number of halogens is 2. The van der Waals surface area contributed by atoms with Gasteiger partial charge in [0.1, 0.15) is 17.3 Å². The lowest BCUT2D eigenvalue weighted by atomic mass is 10.00. The highest BCUT2D eigenvalue weighted by Crippen LogP contribution is 2.48. The summed E-state index contributed by atoms with van der Waals surface area (Å²) in [6.07, 6.45) is 3.00. The predicted molar refractivity (Wildman–Crippen MR) is 177 cm³/mol. The zero-order chi connectivity index (χ0) is 35.8. The summed E-state index contributed by atoms with van der Waals surface area (Å²) in [5.41, 5.74) is -1.45. The number of rotatable bonds is 15. The second-order valence-corrected chi connectivity index (χ2v) is 16.4. The zero-order valence-electron chi connectivity index (χ0n) is 28.6. The molecule has 2 aromatic rings. The lowest BCUT2D eigenvalue weighted by Gasteiger charge is -2.31. The molecule has 3 amide bonds. The fourth-order valence-electron chi connectivity index (χ4n) is 7.28. The van der Waals surface area contributed by atoms with Crippen LogP contribution in [0.3, 0.4) is 0 Å². The van der Waals surface area contributed by atoms with Crippen LogP contribution < -0.4 is 20.1 Å². The number of sulfonamides is 1. The number of nitrogens with one attached hydrogen (secondary N) is 3. The maximum Gasteiger partial charge on any atom is 0.259 e. The summed E-state index contributed by atoms with van der Waals surface area (Å²) in [7, 11) is -2.51. The van der Waals surface area contributed by atoms with E-state index in [1.54, 1.807) is 31.4 Å². The molecule has 3 N–H and O–H groups in total. The first-order valence-corrected chi connectivity index (χ1v) is 19.0. The average Bonchev–Trinajstić information content (AvgIpc) is 3.86. The molecule has 0 radical (unpaired) electrons. The molecular formula is C33H46F2N8O6S. The molecule has 4 fully saturated rings. The van der Waals surface area contributed by atoms with E-state index in [9.17, 15) is 31.6 Å². The third-order valence-electron chi connectivity index (χ3n) is 10.6. The van der Waals surface area contributed by atoms with E-state index < -0.39 is 69.5 Å². The SMILES string of the molecule is COc1ccc(-c2nnn([C@@H]3CC(C(=O)N[C@]4(C(=O)NS(=O)(=O)C5CC5)C[C@H]4C(F)F)N(C(=O)[C@@H](NCCC4CCCC4)C(C)C)C3)n2)cc1. The molecule has 0 bridgehead atoms. The minimum atomic E-state index is -4.07. The molecule has 17 heteroatoms. The summed E-state index contributed by atoms with van der Waals surface area (Å²) in [6, 6.07) is 4.63. The Hall–Kier alpha value is -3.73. The van der Waals surface area contributed by atoms with Gasteiger partial charge in [-0.25, -0.2) is 17.2 Å². The van der Waals surface area contributed by atoms with Gasteiger partial charge in [0.2, 0.25) is 34.1 Å². The maximum atomic E-state index is 14.3. The molecule has 14 nitrogen and oxygen atoms in total. The molecule has 1 aromatic carbocycles. The molecule has 3 aliphatic carbocycles. The number of benzene rings is 1. The fourth-order valence-corrected chi connectivity index (χ4v) is 8.64. The van der Waals surface area contributed by atoms with Gasteiger partial charge in [0.15, 0.2) is 0 Å². The Bertz CT molecular complexity index is 1660. The molecule has 1 saturated heterocycles. The van der Waals surface area contributed by atoms with Gasteiger partial charge in [-0.3, -0.25) is 19.1 Å². The van der Waals surface area contributed by atoms with Gasteiger partial charge in [0.05, 0.1) is 30.4 Å². The molecule has 4 aliphatic rings. The highest BCUT2D eigenvalue weighted by Gasteiger charge is 2.66. The Labute approximate surface area is 290 Å². The van der Waals surface area contributed by atoms with Crippen molar-refractivity contribution in [3.8, 4) is 17.1 Å². The first kappa shape index (κ1) is 36.1. The summed E-state index contributed by atoms with van der Waals surface area (Å²) in [6.45, 7) is 4.46. The number of likely N-dealkylation sites (tertiary alicyclic amines) is 1. The van der Waals surface area contributed by atoms with Gasteiger partial charge in [-0.05, 0) is 73.5 Å². The normalized spacial score (nSPS) is 26.0. The van der Waals surface area contributed by atoms with Gasteiger partial charge in [-0.15, -0.1) is 10.2 Å². The number of hydrogen-bond donors (Lipinski definition) is 3. The topological polar surface area (TPSA) is 178 Å².